The second-order valence-corrected chi connectivity index (χ2v) is 12.8. The van der Waals surface area contributed by atoms with Crippen molar-refractivity contribution in [3.05, 3.63) is 111 Å². The minimum atomic E-state index is -0.00630. The van der Waals surface area contributed by atoms with Crippen LogP contribution in [-0.4, -0.2) is 68.4 Å². The van der Waals surface area contributed by atoms with Crippen LogP contribution in [0.15, 0.2) is 83.3 Å². The Labute approximate surface area is 264 Å². The Balaban J connectivity index is 0.976. The lowest BCUT2D eigenvalue weighted by molar-refractivity contribution is 0.0623. The molecule has 0 bridgehead atoms. The summed E-state index contributed by atoms with van der Waals surface area (Å²) in [4.78, 5) is 22.3. The number of fused-ring (bicyclic) bond motifs is 1. The van der Waals surface area contributed by atoms with Crippen LogP contribution in [-0.2, 0) is 18.7 Å². The van der Waals surface area contributed by atoms with Gasteiger partial charge in [-0.05, 0) is 42.3 Å². The summed E-state index contributed by atoms with van der Waals surface area (Å²) in [5, 5.41) is 12.7. The van der Waals surface area contributed by atoms with Crippen LogP contribution in [0, 0.1) is 6.92 Å². The average Bonchev–Trinajstić information content (AvgIpc) is 3.81. The molecule has 2 aliphatic rings. The molecule has 9 nitrogen and oxygen atoms in total. The number of aromatic nitrogens is 4. The van der Waals surface area contributed by atoms with Crippen molar-refractivity contribution in [2.75, 3.05) is 33.0 Å². The number of piperazine rings is 1. The minimum Gasteiger partial charge on any atom is -0.454 e. The third kappa shape index (κ3) is 6.35. The van der Waals surface area contributed by atoms with Gasteiger partial charge < -0.3 is 14.4 Å². The van der Waals surface area contributed by atoms with Gasteiger partial charge in [-0.15, -0.1) is 21.5 Å². The third-order valence-electron chi connectivity index (χ3n) is 7.80. The van der Waals surface area contributed by atoms with Crippen molar-refractivity contribution >= 4 is 29.0 Å². The Morgan fingerprint density at radius 1 is 0.909 bits per heavy atom. The van der Waals surface area contributed by atoms with E-state index in [9.17, 15) is 4.79 Å². The fraction of sp³-hybridized carbons (Fsp3) is 0.273. The van der Waals surface area contributed by atoms with Crippen molar-refractivity contribution in [2.45, 2.75) is 30.8 Å². The Morgan fingerprint density at radius 2 is 1.70 bits per heavy atom. The van der Waals surface area contributed by atoms with Gasteiger partial charge in [0.25, 0.3) is 5.91 Å². The van der Waals surface area contributed by atoms with E-state index in [4.69, 9.17) is 14.5 Å². The summed E-state index contributed by atoms with van der Waals surface area (Å²) in [6, 6.07) is 24.8. The summed E-state index contributed by atoms with van der Waals surface area (Å²) in [6.45, 7) is 6.15. The van der Waals surface area contributed by atoms with Gasteiger partial charge in [-0.25, -0.2) is 4.98 Å². The van der Waals surface area contributed by atoms with Gasteiger partial charge in [-0.1, -0.05) is 65.9 Å². The molecule has 2 aliphatic heterocycles. The van der Waals surface area contributed by atoms with Crippen molar-refractivity contribution < 1.29 is 14.3 Å². The van der Waals surface area contributed by atoms with Crippen LogP contribution in [0.25, 0.3) is 5.69 Å². The summed E-state index contributed by atoms with van der Waals surface area (Å²) in [5.41, 5.74) is 5.11. The molecule has 4 heterocycles. The molecule has 1 amide bonds. The first kappa shape index (κ1) is 28.6. The summed E-state index contributed by atoms with van der Waals surface area (Å²) in [6.07, 6.45) is 0.683. The molecular weight excluding hydrogens is 593 g/mol. The molecule has 224 valence electrons. The molecule has 2 aromatic heterocycles. The molecule has 5 aromatic rings. The van der Waals surface area contributed by atoms with E-state index in [0.29, 0.717) is 31.0 Å². The fourth-order valence-electron chi connectivity index (χ4n) is 5.41. The largest absolute Gasteiger partial charge is 0.454 e. The molecule has 0 unspecified atom stereocenters. The number of amides is 1. The number of hydrogen-bond acceptors (Lipinski definition) is 9. The number of carbonyl (C=O) groups is 1. The predicted molar refractivity (Wildman–Crippen MR) is 171 cm³/mol. The number of hydrogen-bond donors (Lipinski definition) is 0. The normalized spacial score (nSPS) is 14.7. The van der Waals surface area contributed by atoms with Crippen LogP contribution in [0.3, 0.4) is 0 Å². The first-order chi connectivity index (χ1) is 21.6. The van der Waals surface area contributed by atoms with E-state index in [2.05, 4.69) is 69.1 Å². The van der Waals surface area contributed by atoms with Gasteiger partial charge in [0.15, 0.2) is 16.7 Å². The SMILES string of the molecule is Cc1ccc(-n2c(Cc3ccccc3)nnc2SCc2nc(C(=O)N3CCN(Cc4ccc5c(c4)OCO5)CC3)cs2)cc1. The lowest BCUT2D eigenvalue weighted by Crippen LogP contribution is -2.48. The van der Waals surface area contributed by atoms with E-state index in [1.54, 1.807) is 11.8 Å². The standard InChI is InChI=1S/C33H32N6O3S2/c1-23-7-10-26(11-8-23)39-30(18-24-5-3-2-4-6-24)35-36-33(39)44-21-31-34-27(20-43-31)32(40)38-15-13-37(14-16-38)19-25-9-12-28-29(17-25)42-22-41-28/h2-12,17,20H,13-16,18-19,21-22H2,1H3. The molecule has 1 saturated heterocycles. The van der Waals surface area contributed by atoms with E-state index in [1.807, 2.05) is 40.6 Å². The van der Waals surface area contributed by atoms with Crippen molar-refractivity contribution in [1.29, 1.82) is 0 Å². The molecular formula is C33H32N6O3S2. The Kier molecular flexibility index (Phi) is 8.32. The smallest absolute Gasteiger partial charge is 0.273 e. The molecule has 44 heavy (non-hydrogen) atoms. The number of aryl methyl sites for hydroxylation is 1. The van der Waals surface area contributed by atoms with Crippen molar-refractivity contribution in [2.24, 2.45) is 0 Å². The van der Waals surface area contributed by atoms with E-state index in [1.165, 1.54) is 28.0 Å². The maximum atomic E-state index is 13.3. The lowest BCUT2D eigenvalue weighted by Gasteiger charge is -2.34. The zero-order valence-corrected chi connectivity index (χ0v) is 26.0. The summed E-state index contributed by atoms with van der Waals surface area (Å²) in [7, 11) is 0. The monoisotopic (exact) mass is 624 g/mol. The van der Waals surface area contributed by atoms with Gasteiger partial charge in [-0.3, -0.25) is 14.3 Å². The quantitative estimate of drug-likeness (QED) is 0.196. The highest BCUT2D eigenvalue weighted by atomic mass is 32.2. The molecule has 0 aliphatic carbocycles. The predicted octanol–water partition coefficient (Wildman–Crippen LogP) is 5.60. The van der Waals surface area contributed by atoms with Crippen LogP contribution < -0.4 is 9.47 Å². The first-order valence-electron chi connectivity index (χ1n) is 14.6. The van der Waals surface area contributed by atoms with Gasteiger partial charge >= 0.3 is 0 Å². The highest BCUT2D eigenvalue weighted by Gasteiger charge is 2.25. The van der Waals surface area contributed by atoms with E-state index in [-0.39, 0.29) is 12.7 Å². The Bertz CT molecular complexity index is 1750. The highest BCUT2D eigenvalue weighted by molar-refractivity contribution is 7.98. The molecule has 1 fully saturated rings. The molecule has 3 aromatic carbocycles. The number of nitrogens with zero attached hydrogens (tertiary/aromatic N) is 6. The molecule has 7 rings (SSSR count). The molecule has 0 N–H and O–H groups in total. The maximum absolute atomic E-state index is 13.3. The fourth-order valence-corrected chi connectivity index (χ4v) is 7.17. The van der Waals surface area contributed by atoms with Crippen LogP contribution >= 0.6 is 23.1 Å². The molecule has 0 atom stereocenters. The van der Waals surface area contributed by atoms with Crippen molar-refractivity contribution in [1.82, 2.24) is 29.5 Å². The van der Waals surface area contributed by atoms with Gasteiger partial charge in [0, 0.05) is 50.2 Å². The number of thioether (sulfide) groups is 1. The topological polar surface area (TPSA) is 85.6 Å². The van der Waals surface area contributed by atoms with Crippen LogP contribution in [0.1, 0.15) is 38.0 Å². The zero-order chi connectivity index (χ0) is 29.9. The molecule has 0 saturated carbocycles. The van der Waals surface area contributed by atoms with Crippen molar-refractivity contribution in [3.63, 3.8) is 0 Å². The average molecular weight is 625 g/mol. The lowest BCUT2D eigenvalue weighted by atomic mass is 10.1. The van der Waals surface area contributed by atoms with E-state index < -0.39 is 0 Å². The van der Waals surface area contributed by atoms with E-state index in [0.717, 1.165) is 52.8 Å². The first-order valence-corrected chi connectivity index (χ1v) is 16.5. The van der Waals surface area contributed by atoms with Gasteiger partial charge in [0.2, 0.25) is 6.79 Å². The van der Waals surface area contributed by atoms with E-state index >= 15 is 0 Å². The highest BCUT2D eigenvalue weighted by Crippen LogP contribution is 2.33. The molecule has 0 spiro atoms. The van der Waals surface area contributed by atoms with Crippen molar-refractivity contribution in [3.8, 4) is 17.2 Å². The number of ether oxygens (including phenoxy) is 2. The van der Waals surface area contributed by atoms with Gasteiger partial charge in [0.05, 0.1) is 5.75 Å². The third-order valence-corrected chi connectivity index (χ3v) is 9.77. The Morgan fingerprint density at radius 3 is 2.52 bits per heavy atom. The molecule has 11 heteroatoms. The summed E-state index contributed by atoms with van der Waals surface area (Å²) < 4.78 is 13.1. The van der Waals surface area contributed by atoms with Gasteiger partial charge in [0.1, 0.15) is 16.5 Å². The van der Waals surface area contributed by atoms with Gasteiger partial charge in [-0.2, -0.15) is 0 Å². The number of rotatable bonds is 9. The number of benzene rings is 3. The second-order valence-electron chi connectivity index (χ2n) is 10.9. The summed E-state index contributed by atoms with van der Waals surface area (Å²) >= 11 is 3.11. The number of thiazole rings is 1. The van der Waals surface area contributed by atoms with Crippen LogP contribution in [0.2, 0.25) is 0 Å². The van der Waals surface area contributed by atoms with Crippen LogP contribution in [0.4, 0.5) is 0 Å². The second kappa shape index (κ2) is 12.8. The Hall–Kier alpha value is -4.19. The zero-order valence-electron chi connectivity index (χ0n) is 24.4. The maximum Gasteiger partial charge on any atom is 0.273 e. The number of carbonyl (C=O) groups excluding carboxylic acids is 1. The minimum absolute atomic E-state index is 0.00630. The summed E-state index contributed by atoms with van der Waals surface area (Å²) in [5.74, 6) is 3.09. The molecule has 0 radical (unpaired) electrons. The van der Waals surface area contributed by atoms with Crippen LogP contribution in [0.5, 0.6) is 11.5 Å².